The van der Waals surface area contributed by atoms with Crippen molar-refractivity contribution >= 4 is 16.9 Å². The van der Waals surface area contributed by atoms with Crippen molar-refractivity contribution in [3.8, 4) is 5.75 Å². The standard InChI is InChI=1S/C11H9NO3/c1-6-5-8(11(14)15)7-3-2-4-9(13)10(7)12-6/h2-5,13H,1H3,(H,14,15). The molecule has 1 heterocycles. The smallest absolute Gasteiger partial charge is 0.336 e. The molecule has 0 saturated carbocycles. The fraction of sp³-hybridized carbons (Fsp3) is 0.0909. The normalized spacial score (nSPS) is 10.5. The van der Waals surface area contributed by atoms with Crippen molar-refractivity contribution in [3.63, 3.8) is 0 Å². The van der Waals surface area contributed by atoms with Gasteiger partial charge in [0.2, 0.25) is 0 Å². The lowest BCUT2D eigenvalue weighted by Gasteiger charge is -2.04. The van der Waals surface area contributed by atoms with Gasteiger partial charge in [0.25, 0.3) is 0 Å². The molecule has 2 aromatic rings. The van der Waals surface area contributed by atoms with Crippen molar-refractivity contribution in [1.82, 2.24) is 4.98 Å². The number of phenolic OH excluding ortho intramolecular Hbond substituents is 1. The first kappa shape index (κ1) is 9.45. The van der Waals surface area contributed by atoms with Gasteiger partial charge < -0.3 is 10.2 Å². The van der Waals surface area contributed by atoms with E-state index in [4.69, 9.17) is 5.11 Å². The summed E-state index contributed by atoms with van der Waals surface area (Å²) in [6, 6.07) is 6.20. The van der Waals surface area contributed by atoms with Gasteiger partial charge in [-0.2, -0.15) is 0 Å². The number of aromatic carboxylic acids is 1. The van der Waals surface area contributed by atoms with Crippen molar-refractivity contribution in [2.24, 2.45) is 0 Å². The number of fused-ring (bicyclic) bond motifs is 1. The number of pyridine rings is 1. The largest absolute Gasteiger partial charge is 0.506 e. The van der Waals surface area contributed by atoms with Crippen LogP contribution >= 0.6 is 0 Å². The summed E-state index contributed by atoms with van der Waals surface area (Å²) >= 11 is 0. The first-order chi connectivity index (χ1) is 7.09. The van der Waals surface area contributed by atoms with Crippen molar-refractivity contribution in [3.05, 3.63) is 35.5 Å². The molecule has 0 fully saturated rings. The molecule has 0 aliphatic heterocycles. The molecule has 4 heteroatoms. The molecular formula is C11H9NO3. The maximum Gasteiger partial charge on any atom is 0.336 e. The molecule has 0 aliphatic carbocycles. The second-order valence-corrected chi connectivity index (χ2v) is 3.29. The summed E-state index contributed by atoms with van der Waals surface area (Å²) in [7, 11) is 0. The fourth-order valence-corrected chi connectivity index (χ4v) is 1.54. The summed E-state index contributed by atoms with van der Waals surface area (Å²) < 4.78 is 0. The number of para-hydroxylation sites is 1. The molecule has 0 unspecified atom stereocenters. The Hall–Kier alpha value is -2.10. The van der Waals surface area contributed by atoms with Crippen LogP contribution in [0.1, 0.15) is 16.1 Å². The Morgan fingerprint density at radius 3 is 2.80 bits per heavy atom. The van der Waals surface area contributed by atoms with Crippen LogP contribution in [-0.2, 0) is 0 Å². The molecule has 1 aromatic carbocycles. The first-order valence-electron chi connectivity index (χ1n) is 4.42. The highest BCUT2D eigenvalue weighted by Crippen LogP contribution is 2.25. The molecule has 4 nitrogen and oxygen atoms in total. The maximum atomic E-state index is 11.0. The minimum absolute atomic E-state index is 0.00120. The number of aromatic nitrogens is 1. The Morgan fingerprint density at radius 1 is 1.40 bits per heavy atom. The number of nitrogens with zero attached hydrogens (tertiary/aromatic N) is 1. The Morgan fingerprint density at radius 2 is 2.13 bits per heavy atom. The van der Waals surface area contributed by atoms with Gasteiger partial charge in [0.1, 0.15) is 11.3 Å². The van der Waals surface area contributed by atoms with E-state index in [0.29, 0.717) is 16.6 Å². The lowest BCUT2D eigenvalue weighted by molar-refractivity contribution is 0.0699. The van der Waals surface area contributed by atoms with Crippen LogP contribution in [0.3, 0.4) is 0 Å². The zero-order chi connectivity index (χ0) is 11.0. The quantitative estimate of drug-likeness (QED) is 0.743. The van der Waals surface area contributed by atoms with Gasteiger partial charge in [0.15, 0.2) is 0 Å². The molecule has 0 bridgehead atoms. The minimum Gasteiger partial charge on any atom is -0.506 e. The number of hydrogen-bond acceptors (Lipinski definition) is 3. The number of benzene rings is 1. The first-order valence-corrected chi connectivity index (χ1v) is 4.42. The Bertz CT molecular complexity index is 549. The zero-order valence-corrected chi connectivity index (χ0v) is 8.06. The van der Waals surface area contributed by atoms with E-state index in [-0.39, 0.29) is 11.3 Å². The highest BCUT2D eigenvalue weighted by atomic mass is 16.4. The number of carboxylic acid groups (broad SMARTS) is 1. The molecule has 0 aliphatic rings. The van der Waals surface area contributed by atoms with Gasteiger partial charge in [-0.05, 0) is 19.1 Å². The van der Waals surface area contributed by atoms with E-state index in [9.17, 15) is 9.90 Å². The Balaban J connectivity index is 2.92. The predicted molar refractivity (Wildman–Crippen MR) is 55.1 cm³/mol. The molecule has 0 radical (unpaired) electrons. The number of hydrogen-bond donors (Lipinski definition) is 2. The van der Waals surface area contributed by atoms with Gasteiger partial charge in [-0.3, -0.25) is 0 Å². The van der Waals surface area contributed by atoms with Crippen molar-refractivity contribution in [2.45, 2.75) is 6.92 Å². The molecule has 1 aromatic heterocycles. The highest BCUT2D eigenvalue weighted by molar-refractivity contribution is 6.03. The Labute approximate surface area is 85.8 Å². The molecule has 76 valence electrons. The van der Waals surface area contributed by atoms with Gasteiger partial charge in [-0.1, -0.05) is 12.1 Å². The van der Waals surface area contributed by atoms with Gasteiger partial charge in [-0.15, -0.1) is 0 Å². The zero-order valence-electron chi connectivity index (χ0n) is 8.06. The number of aryl methyl sites for hydroxylation is 1. The number of aromatic hydroxyl groups is 1. The monoisotopic (exact) mass is 203 g/mol. The van der Waals surface area contributed by atoms with E-state index in [1.165, 1.54) is 12.1 Å². The van der Waals surface area contributed by atoms with E-state index >= 15 is 0 Å². The second kappa shape index (κ2) is 3.24. The molecule has 2 N–H and O–H groups in total. The number of phenols is 1. The van der Waals surface area contributed by atoms with Gasteiger partial charge in [0.05, 0.1) is 5.56 Å². The molecule has 15 heavy (non-hydrogen) atoms. The number of carbonyl (C=O) groups is 1. The van der Waals surface area contributed by atoms with Crippen molar-refractivity contribution < 1.29 is 15.0 Å². The maximum absolute atomic E-state index is 11.0. The van der Waals surface area contributed by atoms with E-state index in [1.54, 1.807) is 19.1 Å². The third kappa shape index (κ3) is 1.50. The summed E-state index contributed by atoms with van der Waals surface area (Å²) in [5.41, 5.74) is 1.06. The van der Waals surface area contributed by atoms with Crippen LogP contribution in [0.5, 0.6) is 5.75 Å². The summed E-state index contributed by atoms with van der Waals surface area (Å²) in [4.78, 5) is 15.1. The van der Waals surface area contributed by atoms with Crippen LogP contribution in [-0.4, -0.2) is 21.2 Å². The topological polar surface area (TPSA) is 70.4 Å². The number of carboxylic acids is 1. The average Bonchev–Trinajstić information content (AvgIpc) is 2.18. The third-order valence-corrected chi connectivity index (χ3v) is 2.18. The summed E-state index contributed by atoms with van der Waals surface area (Å²) in [6.07, 6.45) is 0. The predicted octanol–water partition coefficient (Wildman–Crippen LogP) is 1.95. The van der Waals surface area contributed by atoms with Gasteiger partial charge in [0, 0.05) is 11.1 Å². The van der Waals surface area contributed by atoms with Crippen molar-refractivity contribution in [1.29, 1.82) is 0 Å². The molecular weight excluding hydrogens is 194 g/mol. The molecule has 0 saturated heterocycles. The second-order valence-electron chi connectivity index (χ2n) is 3.29. The summed E-state index contributed by atoms with van der Waals surface area (Å²) in [6.45, 7) is 1.69. The summed E-state index contributed by atoms with van der Waals surface area (Å²) in [5, 5.41) is 19.0. The highest BCUT2D eigenvalue weighted by Gasteiger charge is 2.12. The third-order valence-electron chi connectivity index (χ3n) is 2.18. The van der Waals surface area contributed by atoms with Crippen LogP contribution in [0.15, 0.2) is 24.3 Å². The minimum atomic E-state index is -1.02. The molecule has 0 spiro atoms. The van der Waals surface area contributed by atoms with Crippen LogP contribution in [0.4, 0.5) is 0 Å². The molecule has 0 amide bonds. The van der Waals surface area contributed by atoms with Gasteiger partial charge >= 0.3 is 5.97 Å². The average molecular weight is 203 g/mol. The van der Waals surface area contributed by atoms with Crippen LogP contribution < -0.4 is 0 Å². The van der Waals surface area contributed by atoms with E-state index in [0.717, 1.165) is 0 Å². The number of rotatable bonds is 1. The van der Waals surface area contributed by atoms with Crippen molar-refractivity contribution in [2.75, 3.05) is 0 Å². The summed E-state index contributed by atoms with van der Waals surface area (Å²) in [5.74, 6) is -1.02. The van der Waals surface area contributed by atoms with E-state index in [2.05, 4.69) is 4.98 Å². The molecule has 2 rings (SSSR count). The van der Waals surface area contributed by atoms with Crippen LogP contribution in [0, 0.1) is 6.92 Å². The van der Waals surface area contributed by atoms with E-state index < -0.39 is 5.97 Å². The fourth-order valence-electron chi connectivity index (χ4n) is 1.54. The van der Waals surface area contributed by atoms with Crippen LogP contribution in [0.2, 0.25) is 0 Å². The van der Waals surface area contributed by atoms with Gasteiger partial charge in [-0.25, -0.2) is 9.78 Å². The van der Waals surface area contributed by atoms with Crippen LogP contribution in [0.25, 0.3) is 10.9 Å². The lowest BCUT2D eigenvalue weighted by Crippen LogP contribution is -2.00. The SMILES string of the molecule is Cc1cc(C(=O)O)c2cccc(O)c2n1. The Kier molecular flexibility index (Phi) is 2.04. The van der Waals surface area contributed by atoms with E-state index in [1.807, 2.05) is 0 Å². The lowest BCUT2D eigenvalue weighted by atomic mass is 10.1. The molecule has 0 atom stereocenters.